The monoisotopic (exact) mass is 400 g/mol. The standard InChI is InChI=1S/C18H20N6O3S/c1-13-10-17(22-24(13)2)23-28(26,27)16-7-5-15(6-8-16)21-18(25)20-12-14-4-3-9-19-11-14/h3-11H,12H2,1-2H3,(H,22,23)(H2,20,21,25). The van der Waals surface area contributed by atoms with Crippen molar-refractivity contribution in [1.82, 2.24) is 20.1 Å². The van der Waals surface area contributed by atoms with Gasteiger partial charge in [0.15, 0.2) is 5.82 Å². The molecule has 3 N–H and O–H groups in total. The quantitative estimate of drug-likeness (QED) is 0.586. The van der Waals surface area contributed by atoms with Gasteiger partial charge in [-0.3, -0.25) is 14.4 Å². The summed E-state index contributed by atoms with van der Waals surface area (Å²) >= 11 is 0. The fourth-order valence-electron chi connectivity index (χ4n) is 2.38. The number of aryl methyl sites for hydroxylation is 2. The number of amides is 2. The SMILES string of the molecule is Cc1cc(NS(=O)(=O)c2ccc(NC(=O)NCc3cccnc3)cc2)nn1C. The number of benzene rings is 1. The Morgan fingerprint density at radius 2 is 1.93 bits per heavy atom. The van der Waals surface area contributed by atoms with Gasteiger partial charge in [0.1, 0.15) is 0 Å². The first kappa shape index (κ1) is 19.4. The first-order valence-corrected chi connectivity index (χ1v) is 9.89. The molecular formula is C18H20N6O3S. The summed E-state index contributed by atoms with van der Waals surface area (Å²) in [7, 11) is -2.04. The van der Waals surface area contributed by atoms with E-state index in [2.05, 4.69) is 25.4 Å². The zero-order valence-corrected chi connectivity index (χ0v) is 16.2. The van der Waals surface area contributed by atoms with E-state index in [-0.39, 0.29) is 10.7 Å². The number of nitrogens with one attached hydrogen (secondary N) is 3. The Labute approximate surface area is 162 Å². The molecule has 2 amide bonds. The maximum atomic E-state index is 12.4. The average molecular weight is 400 g/mol. The van der Waals surface area contributed by atoms with Crippen molar-refractivity contribution in [2.24, 2.45) is 7.05 Å². The molecule has 0 fully saturated rings. The van der Waals surface area contributed by atoms with Gasteiger partial charge in [-0.2, -0.15) is 5.10 Å². The van der Waals surface area contributed by atoms with E-state index in [9.17, 15) is 13.2 Å². The van der Waals surface area contributed by atoms with Gasteiger partial charge in [0, 0.05) is 43.4 Å². The van der Waals surface area contributed by atoms with Crippen LogP contribution in [0.5, 0.6) is 0 Å². The molecule has 0 aliphatic carbocycles. The highest BCUT2D eigenvalue weighted by molar-refractivity contribution is 7.92. The molecule has 3 rings (SSSR count). The van der Waals surface area contributed by atoms with E-state index in [1.807, 2.05) is 13.0 Å². The van der Waals surface area contributed by atoms with Gasteiger partial charge in [-0.25, -0.2) is 13.2 Å². The Hall–Kier alpha value is -3.40. The Balaban J connectivity index is 1.60. The molecule has 0 unspecified atom stereocenters. The largest absolute Gasteiger partial charge is 0.334 e. The van der Waals surface area contributed by atoms with Crippen LogP contribution in [0.1, 0.15) is 11.3 Å². The minimum absolute atomic E-state index is 0.0668. The van der Waals surface area contributed by atoms with Crippen molar-refractivity contribution < 1.29 is 13.2 Å². The Morgan fingerprint density at radius 3 is 2.54 bits per heavy atom. The molecule has 2 heterocycles. The predicted molar refractivity (Wildman–Crippen MR) is 105 cm³/mol. The Morgan fingerprint density at radius 1 is 1.18 bits per heavy atom. The van der Waals surface area contributed by atoms with Gasteiger partial charge in [-0.15, -0.1) is 0 Å². The summed E-state index contributed by atoms with van der Waals surface area (Å²) in [6.07, 6.45) is 3.32. The van der Waals surface area contributed by atoms with Crippen LogP contribution in [-0.2, 0) is 23.6 Å². The zero-order valence-electron chi connectivity index (χ0n) is 15.4. The third-order valence-electron chi connectivity index (χ3n) is 3.95. The fraction of sp³-hybridized carbons (Fsp3) is 0.167. The minimum Gasteiger partial charge on any atom is -0.334 e. The summed E-state index contributed by atoms with van der Waals surface area (Å²) < 4.78 is 28.9. The summed E-state index contributed by atoms with van der Waals surface area (Å²) in [5.41, 5.74) is 2.17. The van der Waals surface area contributed by atoms with Gasteiger partial charge in [-0.1, -0.05) is 6.07 Å². The zero-order chi connectivity index (χ0) is 20.1. The molecule has 146 valence electrons. The molecule has 9 nitrogen and oxygen atoms in total. The summed E-state index contributed by atoms with van der Waals surface area (Å²) in [5.74, 6) is 0.247. The number of rotatable bonds is 6. The van der Waals surface area contributed by atoms with Crippen LogP contribution in [0.4, 0.5) is 16.3 Å². The average Bonchev–Trinajstić information content (AvgIpc) is 2.98. The second-order valence-corrected chi connectivity index (χ2v) is 7.78. The molecule has 0 bridgehead atoms. The highest BCUT2D eigenvalue weighted by Gasteiger charge is 2.16. The number of pyridine rings is 1. The summed E-state index contributed by atoms with van der Waals surface area (Å²) in [6, 6.07) is 10.7. The lowest BCUT2D eigenvalue weighted by molar-refractivity contribution is 0.251. The molecule has 10 heteroatoms. The van der Waals surface area contributed by atoms with Crippen molar-refractivity contribution in [3.05, 3.63) is 66.1 Å². The second-order valence-electron chi connectivity index (χ2n) is 6.09. The predicted octanol–water partition coefficient (Wildman–Crippen LogP) is 2.25. The summed E-state index contributed by atoms with van der Waals surface area (Å²) in [5, 5.41) is 9.43. The van der Waals surface area contributed by atoms with Crippen LogP contribution in [0.15, 0.2) is 59.8 Å². The summed E-state index contributed by atoms with van der Waals surface area (Å²) in [6.45, 7) is 2.16. The molecule has 0 radical (unpaired) electrons. The lowest BCUT2D eigenvalue weighted by Crippen LogP contribution is -2.28. The molecule has 0 spiro atoms. The minimum atomic E-state index is -3.77. The van der Waals surface area contributed by atoms with Crippen LogP contribution in [0, 0.1) is 6.92 Å². The molecule has 0 saturated heterocycles. The second kappa shape index (κ2) is 8.09. The van der Waals surface area contributed by atoms with E-state index >= 15 is 0 Å². The number of carbonyl (C=O) groups excluding carboxylic acids is 1. The van der Waals surface area contributed by atoms with E-state index in [1.54, 1.807) is 36.3 Å². The molecule has 2 aromatic heterocycles. The summed E-state index contributed by atoms with van der Waals surface area (Å²) in [4.78, 5) is 16.0. The lowest BCUT2D eigenvalue weighted by atomic mass is 10.3. The topological polar surface area (TPSA) is 118 Å². The van der Waals surface area contributed by atoms with Gasteiger partial charge < -0.3 is 10.6 Å². The number of nitrogens with zero attached hydrogens (tertiary/aromatic N) is 3. The van der Waals surface area contributed by atoms with E-state index < -0.39 is 16.1 Å². The van der Waals surface area contributed by atoms with Crippen LogP contribution < -0.4 is 15.4 Å². The number of aromatic nitrogens is 3. The van der Waals surface area contributed by atoms with Gasteiger partial charge >= 0.3 is 6.03 Å². The van der Waals surface area contributed by atoms with E-state index in [4.69, 9.17) is 0 Å². The van der Waals surface area contributed by atoms with Crippen molar-refractivity contribution in [2.75, 3.05) is 10.0 Å². The molecular weight excluding hydrogens is 380 g/mol. The first-order chi connectivity index (χ1) is 13.3. The van der Waals surface area contributed by atoms with Crippen molar-refractivity contribution in [3.63, 3.8) is 0 Å². The van der Waals surface area contributed by atoms with Gasteiger partial charge in [0.2, 0.25) is 0 Å². The third kappa shape index (κ3) is 4.86. The molecule has 0 atom stereocenters. The van der Waals surface area contributed by atoms with E-state index in [1.165, 1.54) is 24.3 Å². The van der Waals surface area contributed by atoms with Crippen LogP contribution >= 0.6 is 0 Å². The maximum absolute atomic E-state index is 12.4. The van der Waals surface area contributed by atoms with Crippen LogP contribution in [-0.4, -0.2) is 29.2 Å². The lowest BCUT2D eigenvalue weighted by Gasteiger charge is -2.09. The fourth-order valence-corrected chi connectivity index (χ4v) is 3.37. The number of hydrogen-bond donors (Lipinski definition) is 3. The third-order valence-corrected chi connectivity index (χ3v) is 5.32. The first-order valence-electron chi connectivity index (χ1n) is 8.41. The van der Waals surface area contributed by atoms with Crippen molar-refractivity contribution in [3.8, 4) is 0 Å². The number of carbonyl (C=O) groups is 1. The Bertz CT molecular complexity index is 1040. The normalized spacial score (nSPS) is 11.1. The van der Waals surface area contributed by atoms with Crippen molar-refractivity contribution in [2.45, 2.75) is 18.4 Å². The van der Waals surface area contributed by atoms with Gasteiger partial charge in [0.25, 0.3) is 10.0 Å². The molecule has 1 aromatic carbocycles. The number of anilines is 2. The van der Waals surface area contributed by atoms with Crippen molar-refractivity contribution >= 4 is 27.6 Å². The molecule has 28 heavy (non-hydrogen) atoms. The number of sulfonamides is 1. The van der Waals surface area contributed by atoms with Crippen LogP contribution in [0.3, 0.4) is 0 Å². The highest BCUT2D eigenvalue weighted by Crippen LogP contribution is 2.18. The maximum Gasteiger partial charge on any atom is 0.319 e. The molecule has 0 aliphatic rings. The van der Waals surface area contributed by atoms with Gasteiger partial charge in [0.05, 0.1) is 4.90 Å². The number of hydrogen-bond acceptors (Lipinski definition) is 5. The van der Waals surface area contributed by atoms with E-state index in [0.29, 0.717) is 12.2 Å². The highest BCUT2D eigenvalue weighted by atomic mass is 32.2. The van der Waals surface area contributed by atoms with E-state index in [0.717, 1.165) is 11.3 Å². The Kier molecular flexibility index (Phi) is 5.59. The smallest absolute Gasteiger partial charge is 0.319 e. The molecule has 0 aliphatic heterocycles. The number of urea groups is 1. The van der Waals surface area contributed by atoms with Crippen LogP contribution in [0.2, 0.25) is 0 Å². The van der Waals surface area contributed by atoms with Crippen LogP contribution in [0.25, 0.3) is 0 Å². The van der Waals surface area contributed by atoms with Gasteiger partial charge in [-0.05, 0) is 42.8 Å². The molecule has 3 aromatic rings. The van der Waals surface area contributed by atoms with Crippen molar-refractivity contribution in [1.29, 1.82) is 0 Å². The molecule has 0 saturated carbocycles.